The van der Waals surface area contributed by atoms with Crippen molar-refractivity contribution >= 4 is 12.4 Å². The van der Waals surface area contributed by atoms with Crippen molar-refractivity contribution in [3.05, 3.63) is 29.6 Å². The highest BCUT2D eigenvalue weighted by atomic mass is 19.1. The Bertz CT molecular complexity index is 509. The van der Waals surface area contributed by atoms with E-state index in [1.54, 1.807) is 20.8 Å². The van der Waals surface area contributed by atoms with Crippen LogP contribution in [0.4, 0.5) is 13.6 Å². The number of aromatic nitrogens is 1. The van der Waals surface area contributed by atoms with E-state index >= 15 is 0 Å². The average molecular weight is 286 g/mol. The van der Waals surface area contributed by atoms with Gasteiger partial charge in [-0.15, -0.1) is 0 Å². The molecule has 20 heavy (non-hydrogen) atoms. The molecule has 1 N–H and O–H groups in total. The number of rotatable bonds is 3. The van der Waals surface area contributed by atoms with Gasteiger partial charge >= 0.3 is 6.09 Å². The number of nitrogens with one attached hydrogen (secondary N) is 1. The predicted molar refractivity (Wildman–Crippen MR) is 66.9 cm³/mol. The Hall–Kier alpha value is -2.05. The summed E-state index contributed by atoms with van der Waals surface area (Å²) in [5.74, 6) is -2.06. The van der Waals surface area contributed by atoms with Crippen LogP contribution in [0.15, 0.2) is 12.4 Å². The summed E-state index contributed by atoms with van der Waals surface area (Å²) in [6.07, 6.45) is 0.800. The van der Waals surface area contributed by atoms with Crippen LogP contribution in [0.1, 0.15) is 33.3 Å². The molecule has 0 fully saturated rings. The lowest BCUT2D eigenvalue weighted by Crippen LogP contribution is -2.48. The number of halogens is 2. The summed E-state index contributed by atoms with van der Waals surface area (Å²) in [6.45, 7) is 6.04. The maximum atomic E-state index is 13.7. The van der Waals surface area contributed by atoms with Gasteiger partial charge in [-0.3, -0.25) is 4.98 Å². The molecule has 0 bridgehead atoms. The maximum absolute atomic E-state index is 13.7. The van der Waals surface area contributed by atoms with Gasteiger partial charge in [0.05, 0.1) is 18.0 Å². The molecule has 1 aromatic heterocycles. The van der Waals surface area contributed by atoms with Gasteiger partial charge in [-0.05, 0) is 27.7 Å². The molecule has 0 aliphatic carbocycles. The molecule has 5 nitrogen and oxygen atoms in total. The Kier molecular flexibility index (Phi) is 4.42. The highest BCUT2D eigenvalue weighted by molar-refractivity contribution is 5.78. The van der Waals surface area contributed by atoms with Gasteiger partial charge in [0.15, 0.2) is 0 Å². The molecule has 110 valence electrons. The molecule has 0 aliphatic rings. The van der Waals surface area contributed by atoms with Crippen LogP contribution in [0.25, 0.3) is 0 Å². The van der Waals surface area contributed by atoms with Crippen molar-refractivity contribution in [3.8, 4) is 0 Å². The van der Waals surface area contributed by atoms with Gasteiger partial charge in [0, 0.05) is 0 Å². The van der Waals surface area contributed by atoms with Crippen LogP contribution in [0.3, 0.4) is 0 Å². The Morgan fingerprint density at radius 3 is 2.15 bits per heavy atom. The zero-order valence-electron chi connectivity index (χ0n) is 11.7. The molecule has 7 heteroatoms. The number of alkyl carbamates (subject to hydrolysis) is 1. The van der Waals surface area contributed by atoms with Gasteiger partial charge in [-0.25, -0.2) is 13.6 Å². The molecule has 0 spiro atoms. The Morgan fingerprint density at radius 2 is 1.75 bits per heavy atom. The van der Waals surface area contributed by atoms with E-state index in [9.17, 15) is 18.4 Å². The minimum Gasteiger partial charge on any atom is -0.444 e. The highest BCUT2D eigenvalue weighted by Gasteiger charge is 2.35. The maximum Gasteiger partial charge on any atom is 0.408 e. The van der Waals surface area contributed by atoms with E-state index in [4.69, 9.17) is 4.74 Å². The smallest absolute Gasteiger partial charge is 0.408 e. The van der Waals surface area contributed by atoms with Crippen molar-refractivity contribution in [2.24, 2.45) is 0 Å². The summed E-state index contributed by atoms with van der Waals surface area (Å²) in [4.78, 5) is 26.2. The minimum absolute atomic E-state index is 0.235. The van der Waals surface area contributed by atoms with Crippen molar-refractivity contribution in [3.63, 3.8) is 0 Å². The number of ether oxygens (including phenoxy) is 1. The van der Waals surface area contributed by atoms with Gasteiger partial charge in [-0.1, -0.05) is 0 Å². The van der Waals surface area contributed by atoms with Gasteiger partial charge < -0.3 is 14.8 Å². The summed E-state index contributed by atoms with van der Waals surface area (Å²) in [6, 6.07) is 0. The van der Waals surface area contributed by atoms with Crippen LogP contribution in [-0.4, -0.2) is 23.0 Å². The number of hydrogen-bond donors (Lipinski definition) is 1. The third-order valence-electron chi connectivity index (χ3n) is 2.37. The van der Waals surface area contributed by atoms with Crippen molar-refractivity contribution in [1.82, 2.24) is 10.3 Å². The third-order valence-corrected chi connectivity index (χ3v) is 2.37. The van der Waals surface area contributed by atoms with Crippen molar-refractivity contribution in [2.45, 2.75) is 38.8 Å². The van der Waals surface area contributed by atoms with E-state index in [1.807, 2.05) is 0 Å². The van der Waals surface area contributed by atoms with Crippen molar-refractivity contribution < 1.29 is 23.1 Å². The van der Waals surface area contributed by atoms with Crippen LogP contribution in [-0.2, 0) is 15.1 Å². The molecule has 1 aromatic rings. The number of amides is 1. The number of aldehydes is 1. The lowest BCUT2D eigenvalue weighted by atomic mass is 9.94. The summed E-state index contributed by atoms with van der Waals surface area (Å²) < 4.78 is 32.3. The fraction of sp³-hybridized carbons (Fsp3) is 0.462. The monoisotopic (exact) mass is 286 g/mol. The highest BCUT2D eigenvalue weighted by Crippen LogP contribution is 2.24. The van der Waals surface area contributed by atoms with Crippen molar-refractivity contribution in [2.75, 3.05) is 0 Å². The SMILES string of the molecule is CC(C)(C)OC(=O)NC(C)(C=O)c1c(F)cncc1F. The molecule has 1 amide bonds. The zero-order valence-corrected chi connectivity index (χ0v) is 11.7. The molecule has 0 saturated carbocycles. The molecule has 1 rings (SSSR count). The lowest BCUT2D eigenvalue weighted by Gasteiger charge is -2.28. The molecule has 0 aliphatic heterocycles. The van der Waals surface area contributed by atoms with Crippen LogP contribution in [0.5, 0.6) is 0 Å². The molecule has 0 saturated heterocycles. The molecule has 0 aromatic carbocycles. The predicted octanol–water partition coefficient (Wildman–Crippen LogP) is 2.30. The third kappa shape index (κ3) is 3.72. The number of hydrogen-bond acceptors (Lipinski definition) is 4. The zero-order chi connectivity index (χ0) is 15.6. The first-order valence-corrected chi connectivity index (χ1v) is 5.86. The summed E-state index contributed by atoms with van der Waals surface area (Å²) in [5, 5.41) is 2.16. The van der Waals surface area contributed by atoms with Gasteiger partial charge in [0.1, 0.15) is 29.1 Å². The standard InChI is InChI=1S/C13H16F2N2O3/c1-12(2,3)20-11(19)17-13(4,7-18)10-8(14)5-16-6-9(10)15/h5-7H,1-4H3,(H,17,19). The first-order chi connectivity index (χ1) is 9.09. The van der Waals surface area contributed by atoms with Gasteiger partial charge in [0.2, 0.25) is 0 Å². The van der Waals surface area contributed by atoms with Crippen molar-refractivity contribution in [1.29, 1.82) is 0 Å². The second-order valence-electron chi connectivity index (χ2n) is 5.43. The van der Waals surface area contributed by atoms with Crippen LogP contribution < -0.4 is 5.32 Å². The normalized spacial score (nSPS) is 14.3. The fourth-order valence-corrected chi connectivity index (χ4v) is 1.57. The second-order valence-corrected chi connectivity index (χ2v) is 5.43. The largest absolute Gasteiger partial charge is 0.444 e. The number of carbonyl (C=O) groups is 2. The minimum atomic E-state index is -1.89. The van der Waals surface area contributed by atoms with Gasteiger partial charge in [0.25, 0.3) is 0 Å². The number of carbonyl (C=O) groups excluding carboxylic acids is 2. The molecular weight excluding hydrogens is 270 g/mol. The molecule has 1 heterocycles. The van der Waals surface area contributed by atoms with Crippen LogP contribution in [0.2, 0.25) is 0 Å². The van der Waals surface area contributed by atoms with E-state index in [1.165, 1.54) is 6.92 Å². The summed E-state index contributed by atoms with van der Waals surface area (Å²) in [5.41, 5.74) is -3.28. The van der Waals surface area contributed by atoms with Crippen LogP contribution in [0, 0.1) is 11.6 Å². The Balaban J connectivity index is 3.10. The second kappa shape index (κ2) is 5.52. The van der Waals surface area contributed by atoms with Crippen LogP contribution >= 0.6 is 0 Å². The summed E-state index contributed by atoms with van der Waals surface area (Å²) in [7, 11) is 0. The van der Waals surface area contributed by atoms with E-state index in [0.717, 1.165) is 12.4 Å². The number of pyridine rings is 1. The lowest BCUT2D eigenvalue weighted by molar-refractivity contribution is -0.113. The van der Waals surface area contributed by atoms with E-state index < -0.39 is 34.4 Å². The molecular formula is C13H16F2N2O3. The van der Waals surface area contributed by atoms with E-state index in [2.05, 4.69) is 10.3 Å². The first-order valence-electron chi connectivity index (χ1n) is 5.86. The van der Waals surface area contributed by atoms with E-state index in [-0.39, 0.29) is 6.29 Å². The molecule has 1 unspecified atom stereocenters. The quantitative estimate of drug-likeness (QED) is 0.866. The fourth-order valence-electron chi connectivity index (χ4n) is 1.57. The summed E-state index contributed by atoms with van der Waals surface area (Å²) >= 11 is 0. The average Bonchev–Trinajstić information content (AvgIpc) is 2.25. The topological polar surface area (TPSA) is 68.3 Å². The Morgan fingerprint density at radius 1 is 1.25 bits per heavy atom. The molecule has 0 radical (unpaired) electrons. The Labute approximate surface area is 115 Å². The van der Waals surface area contributed by atoms with Gasteiger partial charge in [-0.2, -0.15) is 0 Å². The number of nitrogens with zero attached hydrogens (tertiary/aromatic N) is 1. The van der Waals surface area contributed by atoms with E-state index in [0.29, 0.717) is 0 Å². The molecule has 1 atom stereocenters. The first kappa shape index (κ1) is 16.0.